The molecule has 2 amide bonds. The molecule has 1 aromatic heterocycles. The minimum atomic E-state index is -0.445. The molecule has 1 aliphatic heterocycles. The second kappa shape index (κ2) is 8.99. The van der Waals surface area contributed by atoms with Crippen LogP contribution < -0.4 is 15.5 Å². The Balaban J connectivity index is 1.39. The second-order valence-corrected chi connectivity index (χ2v) is 7.57. The van der Waals surface area contributed by atoms with E-state index in [-0.39, 0.29) is 11.7 Å². The first-order chi connectivity index (χ1) is 15.0. The van der Waals surface area contributed by atoms with Gasteiger partial charge in [0.05, 0.1) is 5.69 Å². The van der Waals surface area contributed by atoms with E-state index in [2.05, 4.69) is 25.5 Å². The van der Waals surface area contributed by atoms with Gasteiger partial charge in [0.15, 0.2) is 0 Å². The third-order valence-electron chi connectivity index (χ3n) is 5.15. The molecule has 2 N–H and O–H groups in total. The maximum Gasteiger partial charge on any atom is 0.322 e. The fraction of sp³-hybridized carbons (Fsp3) is 0.261. The summed E-state index contributed by atoms with van der Waals surface area (Å²) in [5.74, 6) is 0.911. The zero-order chi connectivity index (χ0) is 21.8. The molecule has 31 heavy (non-hydrogen) atoms. The molecular formula is C23H25FN6O. The number of rotatable bonds is 4. The van der Waals surface area contributed by atoms with Crippen molar-refractivity contribution in [2.24, 2.45) is 0 Å². The number of halogens is 1. The van der Waals surface area contributed by atoms with Crippen LogP contribution in [0.4, 0.5) is 32.3 Å². The quantitative estimate of drug-likeness (QED) is 0.657. The average molecular weight is 420 g/mol. The van der Waals surface area contributed by atoms with Gasteiger partial charge in [-0.3, -0.25) is 0 Å². The molecule has 0 atom stereocenters. The van der Waals surface area contributed by atoms with Gasteiger partial charge in [0.25, 0.3) is 0 Å². The molecular weight excluding hydrogens is 395 g/mol. The first-order valence-electron chi connectivity index (χ1n) is 10.2. The Morgan fingerprint density at radius 3 is 2.39 bits per heavy atom. The Labute approximate surface area is 180 Å². The number of para-hydroxylation sites is 1. The highest BCUT2D eigenvalue weighted by Crippen LogP contribution is 2.20. The highest BCUT2D eigenvalue weighted by Gasteiger charge is 2.23. The van der Waals surface area contributed by atoms with Gasteiger partial charge in [-0.2, -0.15) is 4.98 Å². The van der Waals surface area contributed by atoms with Crippen LogP contribution in [0, 0.1) is 19.7 Å². The topological polar surface area (TPSA) is 73.4 Å². The maximum atomic E-state index is 13.8. The summed E-state index contributed by atoms with van der Waals surface area (Å²) in [6.07, 6.45) is 0. The molecule has 2 heterocycles. The van der Waals surface area contributed by atoms with Gasteiger partial charge in [-0.25, -0.2) is 14.2 Å². The summed E-state index contributed by atoms with van der Waals surface area (Å²) in [6, 6.07) is 15.9. The van der Waals surface area contributed by atoms with Gasteiger partial charge in [0.1, 0.15) is 11.6 Å². The second-order valence-electron chi connectivity index (χ2n) is 7.57. The molecule has 7 nitrogen and oxygen atoms in total. The van der Waals surface area contributed by atoms with Gasteiger partial charge in [-0.05, 0) is 38.1 Å². The van der Waals surface area contributed by atoms with Crippen LogP contribution in [-0.4, -0.2) is 47.1 Å². The molecule has 0 aliphatic carbocycles. The van der Waals surface area contributed by atoms with Crippen molar-refractivity contribution >= 4 is 29.2 Å². The lowest BCUT2D eigenvalue weighted by atomic mass is 10.2. The number of piperazine rings is 1. The summed E-state index contributed by atoms with van der Waals surface area (Å²) in [5.41, 5.74) is 3.16. The Hall–Kier alpha value is -3.68. The zero-order valence-corrected chi connectivity index (χ0v) is 17.6. The first kappa shape index (κ1) is 20.6. The smallest absolute Gasteiger partial charge is 0.322 e. The van der Waals surface area contributed by atoms with E-state index in [9.17, 15) is 9.18 Å². The van der Waals surface area contributed by atoms with Crippen molar-refractivity contribution in [3.05, 3.63) is 71.7 Å². The normalized spacial score (nSPS) is 13.8. The molecule has 1 saturated heterocycles. The van der Waals surface area contributed by atoms with Crippen molar-refractivity contribution in [1.82, 2.24) is 14.9 Å². The van der Waals surface area contributed by atoms with Crippen molar-refractivity contribution in [1.29, 1.82) is 0 Å². The van der Waals surface area contributed by atoms with Crippen LogP contribution in [0.2, 0.25) is 0 Å². The number of urea groups is 1. The minimum absolute atomic E-state index is 0.188. The highest BCUT2D eigenvalue weighted by molar-refractivity contribution is 5.89. The SMILES string of the molecule is Cc1ccc(Nc2nc(C)cc(N3CCN(C(=O)Nc4ccccc4F)CC3)n2)cc1. The predicted octanol–water partition coefficient (Wildman–Crippen LogP) is 4.33. The lowest BCUT2D eigenvalue weighted by molar-refractivity contribution is 0.208. The third kappa shape index (κ3) is 5.09. The molecule has 4 rings (SSSR count). The van der Waals surface area contributed by atoms with Crippen LogP contribution in [0.1, 0.15) is 11.3 Å². The molecule has 0 unspecified atom stereocenters. The summed E-state index contributed by atoms with van der Waals surface area (Å²) in [7, 11) is 0. The number of nitrogens with zero attached hydrogens (tertiary/aromatic N) is 4. The highest BCUT2D eigenvalue weighted by atomic mass is 19.1. The third-order valence-corrected chi connectivity index (χ3v) is 5.15. The number of benzene rings is 2. The molecule has 0 bridgehead atoms. The Bertz CT molecular complexity index is 1060. The molecule has 0 radical (unpaired) electrons. The van der Waals surface area contributed by atoms with E-state index in [1.54, 1.807) is 23.1 Å². The summed E-state index contributed by atoms with van der Waals surface area (Å²) in [4.78, 5) is 25.4. The van der Waals surface area contributed by atoms with Crippen molar-refractivity contribution in [3.8, 4) is 0 Å². The Morgan fingerprint density at radius 1 is 0.968 bits per heavy atom. The van der Waals surface area contributed by atoms with Crippen LogP contribution in [0.25, 0.3) is 0 Å². The fourth-order valence-electron chi connectivity index (χ4n) is 3.43. The molecule has 0 spiro atoms. The Morgan fingerprint density at radius 2 is 1.68 bits per heavy atom. The van der Waals surface area contributed by atoms with Crippen molar-refractivity contribution in [3.63, 3.8) is 0 Å². The van der Waals surface area contributed by atoms with Crippen LogP contribution in [0.5, 0.6) is 0 Å². The first-order valence-corrected chi connectivity index (χ1v) is 10.2. The monoisotopic (exact) mass is 420 g/mol. The fourth-order valence-corrected chi connectivity index (χ4v) is 3.43. The number of nitrogens with one attached hydrogen (secondary N) is 2. The zero-order valence-electron chi connectivity index (χ0n) is 17.6. The number of aromatic nitrogens is 2. The molecule has 160 valence electrons. The number of aryl methyl sites for hydroxylation is 2. The van der Waals surface area contributed by atoms with Gasteiger partial charge in [0, 0.05) is 43.6 Å². The molecule has 0 saturated carbocycles. The average Bonchev–Trinajstić information content (AvgIpc) is 2.77. The number of hydrogen-bond donors (Lipinski definition) is 2. The van der Waals surface area contributed by atoms with Gasteiger partial charge in [0.2, 0.25) is 5.95 Å². The van der Waals surface area contributed by atoms with E-state index in [1.807, 2.05) is 44.2 Å². The van der Waals surface area contributed by atoms with Crippen LogP contribution >= 0.6 is 0 Å². The number of anilines is 4. The van der Waals surface area contributed by atoms with Crippen LogP contribution in [0.15, 0.2) is 54.6 Å². The lowest BCUT2D eigenvalue weighted by Gasteiger charge is -2.35. The van der Waals surface area contributed by atoms with E-state index in [1.165, 1.54) is 11.6 Å². The van der Waals surface area contributed by atoms with E-state index in [0.717, 1.165) is 17.2 Å². The predicted molar refractivity (Wildman–Crippen MR) is 120 cm³/mol. The number of amides is 2. The molecule has 8 heteroatoms. The van der Waals surface area contributed by atoms with Gasteiger partial charge in [-0.15, -0.1) is 0 Å². The molecule has 1 aliphatic rings. The van der Waals surface area contributed by atoms with Crippen molar-refractivity contribution in [2.45, 2.75) is 13.8 Å². The van der Waals surface area contributed by atoms with Gasteiger partial charge >= 0.3 is 6.03 Å². The van der Waals surface area contributed by atoms with Gasteiger partial charge in [-0.1, -0.05) is 29.8 Å². The summed E-state index contributed by atoms with van der Waals surface area (Å²) < 4.78 is 13.8. The van der Waals surface area contributed by atoms with E-state index in [4.69, 9.17) is 0 Å². The maximum absolute atomic E-state index is 13.8. The summed E-state index contributed by atoms with van der Waals surface area (Å²) in [5, 5.41) is 5.89. The van der Waals surface area contributed by atoms with Crippen LogP contribution in [0.3, 0.4) is 0 Å². The van der Waals surface area contributed by atoms with Crippen molar-refractivity contribution < 1.29 is 9.18 Å². The van der Waals surface area contributed by atoms with Crippen LogP contribution in [-0.2, 0) is 0 Å². The lowest BCUT2D eigenvalue weighted by Crippen LogP contribution is -2.50. The molecule has 3 aromatic rings. The number of hydrogen-bond acceptors (Lipinski definition) is 5. The van der Waals surface area contributed by atoms with E-state index in [0.29, 0.717) is 32.1 Å². The van der Waals surface area contributed by atoms with Crippen molar-refractivity contribution in [2.75, 3.05) is 41.7 Å². The van der Waals surface area contributed by atoms with E-state index >= 15 is 0 Å². The Kier molecular flexibility index (Phi) is 5.97. The number of carbonyl (C=O) groups excluding carboxylic acids is 1. The molecule has 2 aromatic carbocycles. The summed E-state index contributed by atoms with van der Waals surface area (Å²) >= 11 is 0. The van der Waals surface area contributed by atoms with E-state index < -0.39 is 5.82 Å². The largest absolute Gasteiger partial charge is 0.353 e. The summed E-state index contributed by atoms with van der Waals surface area (Å²) in [6.45, 7) is 6.27. The molecule has 1 fully saturated rings. The standard InChI is InChI=1S/C23H25FN6O/c1-16-7-9-18(10-8-16)26-22-25-17(2)15-21(28-22)29-11-13-30(14-12-29)23(31)27-20-6-4-3-5-19(20)24/h3-10,15H,11-14H2,1-2H3,(H,27,31)(H,25,26,28). The number of carbonyl (C=O) groups is 1. The van der Waals surface area contributed by atoms with Gasteiger partial charge < -0.3 is 20.4 Å². The minimum Gasteiger partial charge on any atom is -0.353 e.